The predicted molar refractivity (Wildman–Crippen MR) is 73.3 cm³/mol. The van der Waals surface area contributed by atoms with E-state index in [0.29, 0.717) is 12.4 Å². The van der Waals surface area contributed by atoms with Gasteiger partial charge in [0, 0.05) is 11.6 Å². The summed E-state index contributed by atoms with van der Waals surface area (Å²) in [6.07, 6.45) is -6.48. The van der Waals surface area contributed by atoms with Crippen molar-refractivity contribution in [1.82, 2.24) is 0 Å². The van der Waals surface area contributed by atoms with Gasteiger partial charge in [0.2, 0.25) is 0 Å². The van der Waals surface area contributed by atoms with Crippen molar-refractivity contribution >= 4 is 23.6 Å². The van der Waals surface area contributed by atoms with Gasteiger partial charge >= 0.3 is 12.1 Å². The summed E-state index contributed by atoms with van der Waals surface area (Å²) < 4.78 is 48.1. The molecule has 0 saturated heterocycles. The summed E-state index contributed by atoms with van der Waals surface area (Å²) in [5.74, 6) is -1.08. The number of carbonyl (C=O) groups is 1. The molecule has 1 aliphatic rings. The zero-order chi connectivity index (χ0) is 16.5. The van der Waals surface area contributed by atoms with Gasteiger partial charge in [0.15, 0.2) is 0 Å². The first-order valence-electron chi connectivity index (χ1n) is 6.36. The van der Waals surface area contributed by atoms with Crippen molar-refractivity contribution in [3.8, 4) is 11.5 Å². The molecule has 1 aromatic carbocycles. The van der Waals surface area contributed by atoms with Gasteiger partial charge in [-0.3, -0.25) is 0 Å². The Morgan fingerprint density at radius 2 is 2.14 bits per heavy atom. The van der Waals surface area contributed by atoms with Crippen molar-refractivity contribution in [2.75, 3.05) is 6.61 Å². The molecule has 8 heteroatoms. The zero-order valence-corrected chi connectivity index (χ0v) is 12.2. The van der Waals surface area contributed by atoms with Gasteiger partial charge in [-0.05, 0) is 19.1 Å². The fourth-order valence-electron chi connectivity index (χ4n) is 2.10. The second-order valence-electron chi connectivity index (χ2n) is 4.59. The number of halogens is 4. The minimum Gasteiger partial charge on any atom is -0.494 e. The summed E-state index contributed by atoms with van der Waals surface area (Å²) in [6.45, 7) is 2.11. The van der Waals surface area contributed by atoms with Crippen LogP contribution in [0.5, 0.6) is 11.5 Å². The van der Waals surface area contributed by atoms with Crippen molar-refractivity contribution in [2.24, 2.45) is 0 Å². The molecule has 1 atom stereocenters. The van der Waals surface area contributed by atoms with Gasteiger partial charge < -0.3 is 14.6 Å². The number of fused-ring (bicyclic) bond motifs is 1. The van der Waals surface area contributed by atoms with E-state index in [0.717, 1.165) is 6.08 Å². The monoisotopic (exact) mass is 336 g/mol. The third-order valence-corrected chi connectivity index (χ3v) is 3.22. The van der Waals surface area contributed by atoms with Gasteiger partial charge in [-0.2, -0.15) is 13.2 Å². The average Bonchev–Trinajstić information content (AvgIpc) is 2.37. The van der Waals surface area contributed by atoms with Crippen LogP contribution in [-0.4, -0.2) is 30.0 Å². The van der Waals surface area contributed by atoms with Gasteiger partial charge in [-0.15, -0.1) is 0 Å². The summed E-state index contributed by atoms with van der Waals surface area (Å²) in [5, 5.41) is 9.16. The molecular formula is C14H12ClF3O4. The Labute approximate surface area is 129 Å². The molecule has 1 unspecified atom stereocenters. The molecule has 0 bridgehead atoms. The Bertz CT molecular complexity index is 625. The summed E-state index contributed by atoms with van der Waals surface area (Å²) in [4.78, 5) is 11.2. The fraction of sp³-hybridized carbons (Fsp3) is 0.357. The smallest absolute Gasteiger partial charge is 0.392 e. The largest absolute Gasteiger partial charge is 0.494 e. The van der Waals surface area contributed by atoms with E-state index in [2.05, 4.69) is 0 Å². The van der Waals surface area contributed by atoms with E-state index in [1.165, 1.54) is 12.1 Å². The predicted octanol–water partition coefficient (Wildman–Crippen LogP) is 3.92. The van der Waals surface area contributed by atoms with Crippen molar-refractivity contribution < 1.29 is 32.5 Å². The lowest BCUT2D eigenvalue weighted by Crippen LogP contribution is -2.32. The highest BCUT2D eigenvalue weighted by molar-refractivity contribution is 6.32. The van der Waals surface area contributed by atoms with E-state index in [4.69, 9.17) is 26.2 Å². The summed E-state index contributed by atoms with van der Waals surface area (Å²) in [5.41, 5.74) is -0.207. The number of rotatable bonds is 4. The van der Waals surface area contributed by atoms with Crippen molar-refractivity contribution in [3.05, 3.63) is 28.3 Å². The Morgan fingerprint density at radius 3 is 2.68 bits per heavy atom. The molecule has 1 aromatic rings. The van der Waals surface area contributed by atoms with E-state index in [1.807, 2.05) is 0 Å². The highest BCUT2D eigenvalue weighted by Crippen LogP contribution is 2.41. The highest BCUT2D eigenvalue weighted by atomic mass is 35.5. The molecule has 0 spiro atoms. The maximum atomic E-state index is 12.6. The third kappa shape index (κ3) is 3.65. The van der Waals surface area contributed by atoms with Gasteiger partial charge in [0.25, 0.3) is 0 Å². The number of benzene rings is 1. The number of hydrogen-bond acceptors (Lipinski definition) is 3. The first-order valence-corrected chi connectivity index (χ1v) is 6.73. The Kier molecular flexibility index (Phi) is 4.55. The number of ether oxygens (including phenoxy) is 2. The minimum absolute atomic E-state index is 0.0179. The van der Waals surface area contributed by atoms with Crippen LogP contribution in [0.25, 0.3) is 6.08 Å². The Morgan fingerprint density at radius 1 is 1.45 bits per heavy atom. The molecule has 4 nitrogen and oxygen atoms in total. The molecule has 0 saturated carbocycles. The number of hydrogen-bond donors (Lipinski definition) is 1. The number of carboxylic acids is 1. The standard InChI is InChI=1S/C14H12ClF3O4/c1-2-21-8-3-7-4-9(13(19)20)11(6-14(16,17)18)22-12(7)10(15)5-8/h3-5,11H,2,6H2,1H3,(H,19,20). The molecule has 120 valence electrons. The summed E-state index contributed by atoms with van der Waals surface area (Å²) in [7, 11) is 0. The summed E-state index contributed by atoms with van der Waals surface area (Å²) >= 11 is 5.98. The quantitative estimate of drug-likeness (QED) is 0.905. The lowest BCUT2D eigenvalue weighted by atomic mass is 9.99. The van der Waals surface area contributed by atoms with Crippen molar-refractivity contribution in [2.45, 2.75) is 25.6 Å². The summed E-state index contributed by atoms with van der Waals surface area (Å²) in [6, 6.07) is 2.88. The third-order valence-electron chi connectivity index (χ3n) is 2.94. The second-order valence-corrected chi connectivity index (χ2v) is 4.99. The van der Waals surface area contributed by atoms with Gasteiger partial charge in [-0.1, -0.05) is 11.6 Å². The lowest BCUT2D eigenvalue weighted by Gasteiger charge is -2.27. The van der Waals surface area contributed by atoms with Gasteiger partial charge in [0.1, 0.15) is 17.6 Å². The molecule has 0 radical (unpaired) electrons. The van der Waals surface area contributed by atoms with E-state index >= 15 is 0 Å². The van der Waals surface area contributed by atoms with Crippen molar-refractivity contribution in [1.29, 1.82) is 0 Å². The molecular weight excluding hydrogens is 325 g/mol. The number of carboxylic acid groups (broad SMARTS) is 1. The first kappa shape index (κ1) is 16.5. The topological polar surface area (TPSA) is 55.8 Å². The Balaban J connectivity index is 2.45. The van der Waals surface area contributed by atoms with Crippen LogP contribution in [0.4, 0.5) is 13.2 Å². The van der Waals surface area contributed by atoms with Crippen LogP contribution < -0.4 is 9.47 Å². The minimum atomic E-state index is -4.56. The molecule has 22 heavy (non-hydrogen) atoms. The average molecular weight is 337 g/mol. The maximum Gasteiger partial charge on any atom is 0.392 e. The fourth-order valence-corrected chi connectivity index (χ4v) is 2.36. The van der Waals surface area contributed by atoms with Crippen LogP contribution in [0, 0.1) is 0 Å². The van der Waals surface area contributed by atoms with Crippen LogP contribution in [-0.2, 0) is 4.79 Å². The molecule has 0 aromatic heterocycles. The van der Waals surface area contributed by atoms with Crippen LogP contribution in [0.1, 0.15) is 18.9 Å². The van der Waals surface area contributed by atoms with Crippen LogP contribution >= 0.6 is 11.6 Å². The van der Waals surface area contributed by atoms with E-state index in [9.17, 15) is 18.0 Å². The van der Waals surface area contributed by atoms with E-state index < -0.39 is 30.2 Å². The normalized spacial score (nSPS) is 17.3. The SMILES string of the molecule is CCOc1cc(Cl)c2c(c1)C=C(C(=O)O)C(CC(F)(F)F)O2. The molecule has 1 heterocycles. The Hall–Kier alpha value is -1.89. The van der Waals surface area contributed by atoms with Gasteiger partial charge in [0.05, 0.1) is 23.6 Å². The number of aliphatic carboxylic acids is 1. The van der Waals surface area contributed by atoms with Crippen LogP contribution in [0.2, 0.25) is 5.02 Å². The second kappa shape index (κ2) is 6.08. The lowest BCUT2D eigenvalue weighted by molar-refractivity contribution is -0.150. The van der Waals surface area contributed by atoms with E-state index in [1.54, 1.807) is 6.92 Å². The van der Waals surface area contributed by atoms with Crippen LogP contribution in [0.3, 0.4) is 0 Å². The zero-order valence-electron chi connectivity index (χ0n) is 11.4. The molecule has 1 aliphatic heterocycles. The highest BCUT2D eigenvalue weighted by Gasteiger charge is 2.39. The number of alkyl halides is 3. The van der Waals surface area contributed by atoms with Crippen LogP contribution in [0.15, 0.2) is 17.7 Å². The molecule has 0 fully saturated rings. The first-order chi connectivity index (χ1) is 10.2. The van der Waals surface area contributed by atoms with E-state index in [-0.39, 0.29) is 16.3 Å². The molecule has 0 aliphatic carbocycles. The molecule has 2 rings (SSSR count). The maximum absolute atomic E-state index is 12.6. The van der Waals surface area contributed by atoms with Gasteiger partial charge in [-0.25, -0.2) is 4.79 Å². The molecule has 1 N–H and O–H groups in total. The van der Waals surface area contributed by atoms with Crippen molar-refractivity contribution in [3.63, 3.8) is 0 Å². The molecule has 0 amide bonds.